The molecule has 94 valence electrons. The molecule has 18 heavy (non-hydrogen) atoms. The van der Waals surface area contributed by atoms with Gasteiger partial charge in [-0.3, -0.25) is 10.8 Å². The van der Waals surface area contributed by atoms with Gasteiger partial charge >= 0.3 is 0 Å². The molecule has 0 saturated carbocycles. The Balaban J connectivity index is 3.03. The number of nitrogens with two attached hydrogens (primary N) is 1. The fraction of sp³-hybridized carbons (Fsp3) is 0.100. The van der Waals surface area contributed by atoms with Gasteiger partial charge in [-0.05, 0) is 0 Å². The highest BCUT2D eigenvalue weighted by molar-refractivity contribution is 6.45. The van der Waals surface area contributed by atoms with E-state index in [9.17, 15) is 8.78 Å². The maximum absolute atomic E-state index is 13.1. The number of benzene rings is 1. The zero-order valence-electron chi connectivity index (χ0n) is 9.29. The molecule has 0 unspecified atom stereocenters. The second kappa shape index (κ2) is 5.58. The summed E-state index contributed by atoms with van der Waals surface area (Å²) >= 11 is 0. The zero-order valence-corrected chi connectivity index (χ0v) is 9.29. The first-order valence-electron chi connectivity index (χ1n) is 4.60. The average Bonchev–Trinajstić information content (AvgIpc) is 2.33. The second-order valence-electron chi connectivity index (χ2n) is 3.07. The van der Waals surface area contributed by atoms with E-state index in [4.69, 9.17) is 16.4 Å². The number of ether oxygens (including phenoxy) is 1. The van der Waals surface area contributed by atoms with Gasteiger partial charge in [-0.15, -0.1) is 0 Å². The van der Waals surface area contributed by atoms with Crippen molar-refractivity contribution >= 4 is 17.2 Å². The van der Waals surface area contributed by atoms with E-state index in [-0.39, 0.29) is 17.1 Å². The lowest BCUT2D eigenvalue weighted by Crippen LogP contribution is -2.21. The van der Waals surface area contributed by atoms with Crippen LogP contribution in [0.15, 0.2) is 17.2 Å². The largest absolute Gasteiger partial charge is 0.493 e. The Morgan fingerprint density at radius 3 is 2.72 bits per heavy atom. The smallest absolute Gasteiger partial charge is 0.201 e. The molecule has 0 heterocycles. The molecule has 0 aliphatic carbocycles. The monoisotopic (exact) mass is 253 g/mol. The van der Waals surface area contributed by atoms with E-state index in [1.807, 2.05) is 0 Å². The second-order valence-corrected chi connectivity index (χ2v) is 3.07. The van der Waals surface area contributed by atoms with E-state index in [1.54, 1.807) is 6.07 Å². The van der Waals surface area contributed by atoms with E-state index in [0.717, 1.165) is 12.1 Å². The van der Waals surface area contributed by atoms with Crippen LogP contribution >= 0.6 is 0 Å². The van der Waals surface area contributed by atoms with E-state index in [0.29, 0.717) is 0 Å². The minimum absolute atomic E-state index is 0.0553. The molecule has 0 atom stereocenters. The van der Waals surface area contributed by atoms with Crippen molar-refractivity contribution in [1.29, 1.82) is 10.7 Å². The summed E-state index contributed by atoms with van der Waals surface area (Å²) in [4.78, 5) is 0. The minimum Gasteiger partial charge on any atom is -0.493 e. The van der Waals surface area contributed by atoms with Crippen molar-refractivity contribution in [1.82, 2.24) is 0 Å². The van der Waals surface area contributed by atoms with Gasteiger partial charge in [-0.2, -0.15) is 14.8 Å². The molecule has 0 aliphatic rings. The highest BCUT2D eigenvalue weighted by Gasteiger charge is 2.11. The number of rotatable bonds is 4. The first-order chi connectivity index (χ1) is 8.49. The van der Waals surface area contributed by atoms with E-state index >= 15 is 0 Å². The van der Waals surface area contributed by atoms with Gasteiger partial charge in [0.1, 0.15) is 6.07 Å². The van der Waals surface area contributed by atoms with Crippen molar-refractivity contribution in [2.45, 2.75) is 0 Å². The van der Waals surface area contributed by atoms with Crippen molar-refractivity contribution in [2.24, 2.45) is 10.8 Å². The Labute approximate surface area is 101 Å². The van der Waals surface area contributed by atoms with E-state index in [1.165, 1.54) is 7.11 Å². The first kappa shape index (κ1) is 13.4. The topological polar surface area (TPSA) is 107 Å². The Morgan fingerprint density at radius 1 is 1.56 bits per heavy atom. The molecule has 0 aromatic heterocycles. The molecule has 0 saturated heterocycles. The summed E-state index contributed by atoms with van der Waals surface area (Å²) in [5, 5.41) is 19.0. The Bertz CT molecular complexity index is 550. The highest BCUT2D eigenvalue weighted by atomic mass is 19.2. The maximum atomic E-state index is 13.1. The van der Waals surface area contributed by atoms with Crippen LogP contribution in [0.2, 0.25) is 0 Å². The zero-order chi connectivity index (χ0) is 13.7. The molecule has 0 fully saturated rings. The third-order valence-electron chi connectivity index (χ3n) is 1.87. The third kappa shape index (κ3) is 2.91. The molecule has 1 aromatic carbocycles. The van der Waals surface area contributed by atoms with Gasteiger partial charge in [-0.25, -0.2) is 4.39 Å². The van der Waals surface area contributed by atoms with Gasteiger partial charge in [0, 0.05) is 12.1 Å². The van der Waals surface area contributed by atoms with Gasteiger partial charge in [0.2, 0.25) is 11.5 Å². The summed E-state index contributed by atoms with van der Waals surface area (Å²) in [5.74, 6) is -3.11. The SMILES string of the molecule is COc1cc(N/N=C(\C#N)C(=N)N)cc(F)c1F. The molecular weight excluding hydrogens is 244 g/mol. The van der Waals surface area contributed by atoms with Gasteiger partial charge < -0.3 is 10.5 Å². The van der Waals surface area contributed by atoms with Crippen molar-refractivity contribution < 1.29 is 13.5 Å². The number of nitrogens with zero attached hydrogens (tertiary/aromatic N) is 2. The number of anilines is 1. The van der Waals surface area contributed by atoms with Crippen molar-refractivity contribution in [3.8, 4) is 11.8 Å². The van der Waals surface area contributed by atoms with E-state index in [2.05, 4.69) is 15.3 Å². The van der Waals surface area contributed by atoms with Crippen molar-refractivity contribution in [3.05, 3.63) is 23.8 Å². The highest BCUT2D eigenvalue weighted by Crippen LogP contribution is 2.24. The van der Waals surface area contributed by atoms with Crippen LogP contribution in [0.3, 0.4) is 0 Å². The maximum Gasteiger partial charge on any atom is 0.201 e. The van der Waals surface area contributed by atoms with Crippen LogP contribution in [0.4, 0.5) is 14.5 Å². The van der Waals surface area contributed by atoms with Gasteiger partial charge in [-0.1, -0.05) is 0 Å². The molecule has 8 heteroatoms. The van der Waals surface area contributed by atoms with Crippen LogP contribution in [0.1, 0.15) is 0 Å². The van der Waals surface area contributed by atoms with Crippen molar-refractivity contribution in [2.75, 3.05) is 12.5 Å². The number of halogens is 2. The van der Waals surface area contributed by atoms with Crippen LogP contribution in [0.25, 0.3) is 0 Å². The predicted octanol–water partition coefficient (Wildman–Crippen LogP) is 1.20. The summed E-state index contributed by atoms with van der Waals surface area (Å²) in [6, 6.07) is 3.54. The number of methoxy groups -OCH3 is 1. The number of hydrogen-bond acceptors (Lipinski definition) is 5. The van der Waals surface area contributed by atoms with Gasteiger partial charge in [0.15, 0.2) is 17.4 Å². The molecule has 0 spiro atoms. The fourth-order valence-electron chi connectivity index (χ4n) is 1.04. The normalized spacial score (nSPS) is 10.7. The Hall–Kier alpha value is -2.69. The summed E-state index contributed by atoms with van der Waals surface area (Å²) in [7, 11) is 1.18. The lowest BCUT2D eigenvalue weighted by atomic mass is 10.3. The van der Waals surface area contributed by atoms with Crippen LogP contribution in [0.5, 0.6) is 5.75 Å². The van der Waals surface area contributed by atoms with Crippen LogP contribution in [-0.4, -0.2) is 18.7 Å². The molecular formula is C10H9F2N5O. The third-order valence-corrected chi connectivity index (χ3v) is 1.87. The van der Waals surface area contributed by atoms with Crippen molar-refractivity contribution in [3.63, 3.8) is 0 Å². The Kier molecular flexibility index (Phi) is 4.15. The molecule has 0 radical (unpaired) electrons. The van der Waals surface area contributed by atoms with Crippen LogP contribution in [0, 0.1) is 28.4 Å². The quantitative estimate of drug-likeness (QED) is 0.425. The Morgan fingerprint density at radius 2 is 2.22 bits per heavy atom. The fourth-order valence-corrected chi connectivity index (χ4v) is 1.04. The molecule has 0 amide bonds. The molecule has 1 aromatic rings. The van der Waals surface area contributed by atoms with Gasteiger partial charge in [0.05, 0.1) is 12.8 Å². The first-order valence-corrected chi connectivity index (χ1v) is 4.60. The average molecular weight is 253 g/mol. The van der Waals surface area contributed by atoms with Crippen LogP contribution < -0.4 is 15.9 Å². The summed E-state index contributed by atoms with van der Waals surface area (Å²) in [6.07, 6.45) is 0. The van der Waals surface area contributed by atoms with E-state index < -0.39 is 17.5 Å². The summed E-state index contributed by atoms with van der Waals surface area (Å²) < 4.78 is 30.8. The lowest BCUT2D eigenvalue weighted by molar-refractivity contribution is 0.372. The number of hydrazone groups is 1. The molecule has 1 rings (SSSR count). The number of nitrogens with one attached hydrogen (secondary N) is 2. The molecule has 0 bridgehead atoms. The minimum atomic E-state index is -1.13. The molecule has 4 N–H and O–H groups in total. The lowest BCUT2D eigenvalue weighted by Gasteiger charge is -2.06. The van der Waals surface area contributed by atoms with Gasteiger partial charge in [0.25, 0.3) is 0 Å². The number of amidine groups is 1. The van der Waals surface area contributed by atoms with Crippen LogP contribution in [-0.2, 0) is 0 Å². The predicted molar refractivity (Wildman–Crippen MR) is 61.5 cm³/mol. The molecule has 0 aliphatic heterocycles. The summed E-state index contributed by atoms with van der Waals surface area (Å²) in [5.41, 5.74) is 7.01. The number of nitriles is 1. The summed E-state index contributed by atoms with van der Waals surface area (Å²) in [6.45, 7) is 0. The standard InChI is InChI=1S/C10H9F2N5O/c1-18-8-3-5(2-6(11)9(8)12)16-17-7(4-13)10(14)15/h2-3,16H,1H3,(H3,14,15)/b17-7+. The molecule has 6 nitrogen and oxygen atoms in total. The number of hydrogen-bond donors (Lipinski definition) is 3.